The maximum Gasteiger partial charge on any atom is 0.410 e. The minimum absolute atomic E-state index is 0.0697. The number of carbonyl (C=O) groups is 1. The summed E-state index contributed by atoms with van der Waals surface area (Å²) in [5.41, 5.74) is 5.71. The smallest absolute Gasteiger partial charge is 0.410 e. The zero-order chi connectivity index (χ0) is 27.4. The molecular weight excluding hydrogens is 488 g/mol. The average molecular weight is 525 g/mol. The predicted molar refractivity (Wildman–Crippen MR) is 155 cm³/mol. The van der Waals surface area contributed by atoms with Crippen LogP contribution in [0.1, 0.15) is 39.2 Å². The molecule has 6 nitrogen and oxygen atoms in total. The number of methoxy groups -OCH3 is 1. The van der Waals surface area contributed by atoms with Gasteiger partial charge in [0.2, 0.25) is 5.88 Å². The molecule has 1 aliphatic rings. The Balaban J connectivity index is 1.55. The number of ether oxygens (including phenoxy) is 3. The second-order valence-electron chi connectivity index (χ2n) is 11.0. The number of aromatic nitrogens is 1. The van der Waals surface area contributed by atoms with Crippen LogP contribution >= 0.6 is 0 Å². The molecule has 1 aliphatic heterocycles. The van der Waals surface area contributed by atoms with Gasteiger partial charge in [0.25, 0.3) is 0 Å². The first-order chi connectivity index (χ1) is 18.8. The van der Waals surface area contributed by atoms with Crippen LogP contribution in [0.5, 0.6) is 5.88 Å². The van der Waals surface area contributed by atoms with Gasteiger partial charge >= 0.3 is 6.09 Å². The van der Waals surface area contributed by atoms with Crippen molar-refractivity contribution >= 4 is 17.0 Å². The summed E-state index contributed by atoms with van der Waals surface area (Å²) in [6.07, 6.45) is 1.30. The molecule has 0 unspecified atom stereocenters. The number of hydrogen-bond acceptors (Lipinski definition) is 5. The third kappa shape index (κ3) is 6.40. The summed E-state index contributed by atoms with van der Waals surface area (Å²) in [6.45, 7) is 7.44. The standard InChI is InChI=1S/C33H36N2O4/c1-33(2,3)39-32(36)35(27-15-17-38-18-16-27)22-23-13-14-30-29(19-23)28(21-31(34-30)37-4)26-12-8-11-25(20-26)24-9-6-5-7-10-24/h5-14,19-21,27H,15-18,22H2,1-4H3. The topological polar surface area (TPSA) is 60.9 Å². The first kappa shape index (κ1) is 26.7. The summed E-state index contributed by atoms with van der Waals surface area (Å²) in [4.78, 5) is 19.9. The second kappa shape index (κ2) is 11.5. The lowest BCUT2D eigenvalue weighted by Gasteiger charge is -2.35. The molecule has 3 aromatic carbocycles. The number of rotatable bonds is 6. The van der Waals surface area contributed by atoms with Crippen molar-refractivity contribution in [3.05, 3.63) is 84.4 Å². The van der Waals surface area contributed by atoms with E-state index in [1.165, 1.54) is 0 Å². The van der Waals surface area contributed by atoms with Crippen molar-refractivity contribution in [1.82, 2.24) is 9.88 Å². The van der Waals surface area contributed by atoms with Crippen LogP contribution in [0.3, 0.4) is 0 Å². The molecule has 39 heavy (non-hydrogen) atoms. The molecule has 0 radical (unpaired) electrons. The number of nitrogens with zero attached hydrogens (tertiary/aromatic N) is 2. The van der Waals surface area contributed by atoms with E-state index in [1.54, 1.807) is 7.11 Å². The molecule has 0 N–H and O–H groups in total. The maximum atomic E-state index is 13.3. The highest BCUT2D eigenvalue weighted by atomic mass is 16.6. The number of pyridine rings is 1. The Morgan fingerprint density at radius 1 is 0.923 bits per heavy atom. The molecule has 0 aliphatic carbocycles. The fraction of sp³-hybridized carbons (Fsp3) is 0.333. The summed E-state index contributed by atoms with van der Waals surface area (Å²) in [6, 6.07) is 27.1. The maximum absolute atomic E-state index is 13.3. The Bertz CT molecular complexity index is 1440. The van der Waals surface area contributed by atoms with Crippen LogP contribution < -0.4 is 4.74 Å². The van der Waals surface area contributed by atoms with Crippen LogP contribution in [-0.4, -0.2) is 47.9 Å². The van der Waals surface area contributed by atoms with Crippen molar-refractivity contribution in [1.29, 1.82) is 0 Å². The summed E-state index contributed by atoms with van der Waals surface area (Å²) in [7, 11) is 1.64. The summed E-state index contributed by atoms with van der Waals surface area (Å²) in [5.74, 6) is 0.563. The zero-order valence-corrected chi connectivity index (χ0v) is 23.1. The highest BCUT2D eigenvalue weighted by Crippen LogP contribution is 2.34. The molecule has 0 spiro atoms. The van der Waals surface area contributed by atoms with E-state index in [2.05, 4.69) is 42.5 Å². The first-order valence-electron chi connectivity index (χ1n) is 13.5. The Morgan fingerprint density at radius 2 is 1.64 bits per heavy atom. The van der Waals surface area contributed by atoms with E-state index in [4.69, 9.17) is 19.2 Å². The first-order valence-corrected chi connectivity index (χ1v) is 13.5. The van der Waals surface area contributed by atoms with E-state index in [9.17, 15) is 4.79 Å². The lowest BCUT2D eigenvalue weighted by Crippen LogP contribution is -2.45. The van der Waals surface area contributed by atoms with E-state index < -0.39 is 5.60 Å². The fourth-order valence-corrected chi connectivity index (χ4v) is 5.04. The quantitative estimate of drug-likeness (QED) is 0.261. The van der Waals surface area contributed by atoms with Gasteiger partial charge in [-0.05, 0) is 79.6 Å². The lowest BCUT2D eigenvalue weighted by molar-refractivity contribution is -0.00807. The minimum Gasteiger partial charge on any atom is -0.481 e. The molecule has 202 valence electrons. The number of hydrogen-bond donors (Lipinski definition) is 0. The van der Waals surface area contributed by atoms with Crippen molar-refractivity contribution in [2.45, 2.75) is 51.8 Å². The second-order valence-corrected chi connectivity index (χ2v) is 11.0. The van der Waals surface area contributed by atoms with E-state index in [-0.39, 0.29) is 12.1 Å². The van der Waals surface area contributed by atoms with Crippen LogP contribution in [-0.2, 0) is 16.0 Å². The Labute approximate surface area is 230 Å². The molecule has 0 bridgehead atoms. The van der Waals surface area contributed by atoms with E-state index >= 15 is 0 Å². The Morgan fingerprint density at radius 3 is 2.36 bits per heavy atom. The van der Waals surface area contributed by atoms with Gasteiger partial charge in [-0.3, -0.25) is 0 Å². The van der Waals surface area contributed by atoms with Gasteiger partial charge in [0, 0.05) is 37.3 Å². The summed E-state index contributed by atoms with van der Waals surface area (Å²) >= 11 is 0. The fourth-order valence-electron chi connectivity index (χ4n) is 5.04. The van der Waals surface area contributed by atoms with Crippen LogP contribution in [0.25, 0.3) is 33.2 Å². The Kier molecular flexibility index (Phi) is 7.84. The average Bonchev–Trinajstić information content (AvgIpc) is 2.95. The number of amides is 1. The third-order valence-corrected chi connectivity index (χ3v) is 6.95. The van der Waals surface area contributed by atoms with Gasteiger partial charge in [-0.1, -0.05) is 54.6 Å². The SMILES string of the molecule is COc1cc(-c2cccc(-c3ccccc3)c2)c2cc(CN(C(=O)OC(C)(C)C)C3CCOCC3)ccc2n1. The minimum atomic E-state index is -0.568. The third-order valence-electron chi connectivity index (χ3n) is 6.95. The summed E-state index contributed by atoms with van der Waals surface area (Å²) in [5, 5.41) is 1.01. The monoisotopic (exact) mass is 524 g/mol. The van der Waals surface area contributed by atoms with Gasteiger partial charge in [-0.2, -0.15) is 0 Å². The van der Waals surface area contributed by atoms with E-state index in [0.29, 0.717) is 25.6 Å². The zero-order valence-electron chi connectivity index (χ0n) is 23.1. The molecular formula is C33H36N2O4. The van der Waals surface area contributed by atoms with E-state index in [1.807, 2.05) is 62.1 Å². The van der Waals surface area contributed by atoms with E-state index in [0.717, 1.165) is 51.6 Å². The van der Waals surface area contributed by atoms with Crippen LogP contribution in [0.15, 0.2) is 78.9 Å². The molecule has 2 heterocycles. The van der Waals surface area contributed by atoms with Crippen LogP contribution in [0.2, 0.25) is 0 Å². The van der Waals surface area contributed by atoms with Gasteiger partial charge in [0.15, 0.2) is 0 Å². The van der Waals surface area contributed by atoms with Crippen molar-refractivity contribution in [3.8, 4) is 28.1 Å². The number of carbonyl (C=O) groups excluding carboxylic acids is 1. The molecule has 5 rings (SSSR count). The van der Waals surface area contributed by atoms with Gasteiger partial charge in [-0.15, -0.1) is 0 Å². The van der Waals surface area contributed by atoms with Gasteiger partial charge < -0.3 is 19.1 Å². The van der Waals surface area contributed by atoms with Gasteiger partial charge in [0.05, 0.1) is 12.6 Å². The molecule has 0 saturated carbocycles. The Hall–Kier alpha value is -3.90. The van der Waals surface area contributed by atoms with Crippen molar-refractivity contribution in [3.63, 3.8) is 0 Å². The van der Waals surface area contributed by atoms with Gasteiger partial charge in [-0.25, -0.2) is 9.78 Å². The molecule has 1 fully saturated rings. The lowest BCUT2D eigenvalue weighted by atomic mass is 9.96. The molecule has 0 atom stereocenters. The van der Waals surface area contributed by atoms with Crippen molar-refractivity contribution < 1.29 is 19.0 Å². The highest BCUT2D eigenvalue weighted by Gasteiger charge is 2.30. The highest BCUT2D eigenvalue weighted by molar-refractivity contribution is 5.96. The normalized spacial score (nSPS) is 14.3. The molecule has 6 heteroatoms. The van der Waals surface area contributed by atoms with Crippen molar-refractivity contribution in [2.24, 2.45) is 0 Å². The van der Waals surface area contributed by atoms with Gasteiger partial charge in [0.1, 0.15) is 5.60 Å². The molecule has 1 aromatic heterocycles. The molecule has 1 amide bonds. The van der Waals surface area contributed by atoms with Crippen LogP contribution in [0, 0.1) is 0 Å². The molecule has 1 saturated heterocycles. The number of fused-ring (bicyclic) bond motifs is 1. The van der Waals surface area contributed by atoms with Crippen molar-refractivity contribution in [2.75, 3.05) is 20.3 Å². The van der Waals surface area contributed by atoms with Crippen LogP contribution in [0.4, 0.5) is 4.79 Å². The largest absolute Gasteiger partial charge is 0.481 e. The predicted octanol–water partition coefficient (Wildman–Crippen LogP) is 7.49. The molecule has 4 aromatic rings. The summed E-state index contributed by atoms with van der Waals surface area (Å²) < 4.78 is 16.9. The number of benzene rings is 3.